The van der Waals surface area contributed by atoms with Crippen molar-refractivity contribution in [2.45, 2.75) is 4.90 Å². The van der Waals surface area contributed by atoms with Crippen molar-refractivity contribution in [3.8, 4) is 0 Å². The summed E-state index contributed by atoms with van der Waals surface area (Å²) in [6, 6.07) is 20.7. The SMILES string of the molecule is CN(C)S(=O)(=O)c1ccc(Cl)c(C(=O)Nc2ccc(N3C(=O)c4cccc5cccc(c45)C3=O)cc2)c1. The molecule has 0 aliphatic carbocycles. The lowest BCUT2D eigenvalue weighted by molar-refractivity contribution is 0.0892. The zero-order valence-corrected chi connectivity index (χ0v) is 21.3. The molecular weight excluding hydrogens is 514 g/mol. The summed E-state index contributed by atoms with van der Waals surface area (Å²) >= 11 is 6.17. The van der Waals surface area contributed by atoms with E-state index < -0.39 is 27.7 Å². The van der Waals surface area contributed by atoms with Crippen molar-refractivity contribution in [1.29, 1.82) is 0 Å². The van der Waals surface area contributed by atoms with Crippen LogP contribution in [0.2, 0.25) is 5.02 Å². The first kappa shape index (κ1) is 24.6. The molecule has 5 rings (SSSR count). The van der Waals surface area contributed by atoms with Gasteiger partial charge in [-0.1, -0.05) is 35.9 Å². The third-order valence-electron chi connectivity index (χ3n) is 6.12. The Kier molecular flexibility index (Phi) is 6.07. The van der Waals surface area contributed by atoms with Crippen molar-refractivity contribution in [2.75, 3.05) is 24.3 Å². The lowest BCUT2D eigenvalue weighted by Gasteiger charge is -2.27. The van der Waals surface area contributed by atoms with Crippen LogP contribution < -0.4 is 10.2 Å². The van der Waals surface area contributed by atoms with Gasteiger partial charge >= 0.3 is 0 Å². The van der Waals surface area contributed by atoms with Gasteiger partial charge in [-0.2, -0.15) is 0 Å². The Morgan fingerprint density at radius 3 is 2.03 bits per heavy atom. The minimum absolute atomic E-state index is 0.0141. The molecule has 1 heterocycles. The minimum atomic E-state index is -3.76. The average Bonchev–Trinajstić information content (AvgIpc) is 2.88. The molecule has 8 nitrogen and oxygen atoms in total. The number of imide groups is 1. The molecule has 4 aromatic carbocycles. The Labute approximate surface area is 218 Å². The molecule has 1 aliphatic heterocycles. The van der Waals surface area contributed by atoms with Crippen molar-refractivity contribution >= 4 is 61.5 Å². The molecule has 1 aliphatic rings. The Balaban J connectivity index is 1.41. The maximum absolute atomic E-state index is 13.2. The molecule has 3 amide bonds. The van der Waals surface area contributed by atoms with E-state index in [4.69, 9.17) is 11.6 Å². The predicted molar refractivity (Wildman–Crippen MR) is 142 cm³/mol. The second-order valence-corrected chi connectivity index (χ2v) is 11.1. The van der Waals surface area contributed by atoms with E-state index in [0.717, 1.165) is 14.6 Å². The van der Waals surface area contributed by atoms with Gasteiger partial charge < -0.3 is 5.32 Å². The summed E-state index contributed by atoms with van der Waals surface area (Å²) < 4.78 is 25.9. The molecule has 0 saturated carbocycles. The van der Waals surface area contributed by atoms with Crippen molar-refractivity contribution < 1.29 is 22.8 Å². The van der Waals surface area contributed by atoms with E-state index in [1.165, 1.54) is 32.3 Å². The first-order valence-electron chi connectivity index (χ1n) is 11.1. The summed E-state index contributed by atoms with van der Waals surface area (Å²) in [6.45, 7) is 0. The molecule has 0 bridgehead atoms. The van der Waals surface area contributed by atoms with Gasteiger partial charge in [-0.3, -0.25) is 14.4 Å². The van der Waals surface area contributed by atoms with Crippen LogP contribution in [0.4, 0.5) is 11.4 Å². The predicted octanol–water partition coefficient (Wildman–Crippen LogP) is 4.80. The number of carbonyl (C=O) groups excluding carboxylic acids is 3. The smallest absolute Gasteiger partial charge is 0.265 e. The molecule has 0 saturated heterocycles. The van der Waals surface area contributed by atoms with Crippen LogP contribution in [0, 0.1) is 0 Å². The standard InChI is InChI=1S/C27H20ClN3O5S/c1-30(2)37(35,36)19-13-14-23(28)22(15-19)25(32)29-17-9-11-18(12-10-17)31-26(33)20-7-3-5-16-6-4-8-21(24(16)20)27(31)34/h3-15H,1-2H3,(H,29,32). The molecule has 0 atom stereocenters. The molecule has 186 valence electrons. The van der Waals surface area contributed by atoms with E-state index in [1.54, 1.807) is 48.5 Å². The van der Waals surface area contributed by atoms with Crippen molar-refractivity contribution in [2.24, 2.45) is 0 Å². The zero-order chi connectivity index (χ0) is 26.5. The largest absolute Gasteiger partial charge is 0.322 e. The zero-order valence-electron chi connectivity index (χ0n) is 19.7. The maximum Gasteiger partial charge on any atom is 0.265 e. The molecule has 0 aromatic heterocycles. The van der Waals surface area contributed by atoms with Gasteiger partial charge in [0.1, 0.15) is 0 Å². The van der Waals surface area contributed by atoms with E-state index in [0.29, 0.717) is 27.9 Å². The number of nitrogens with one attached hydrogen (secondary N) is 1. The van der Waals surface area contributed by atoms with Crippen molar-refractivity contribution in [1.82, 2.24) is 4.31 Å². The molecule has 0 fully saturated rings. The summed E-state index contributed by atoms with van der Waals surface area (Å²) in [5.41, 5.74) is 1.57. The Morgan fingerprint density at radius 2 is 1.46 bits per heavy atom. The second kappa shape index (κ2) is 9.11. The molecule has 0 spiro atoms. The number of sulfonamides is 1. The van der Waals surface area contributed by atoms with Crippen LogP contribution in [0.5, 0.6) is 0 Å². The molecule has 1 N–H and O–H groups in total. The van der Waals surface area contributed by atoms with Crippen LogP contribution in [-0.4, -0.2) is 44.5 Å². The number of hydrogen-bond acceptors (Lipinski definition) is 5. The summed E-state index contributed by atoms with van der Waals surface area (Å²) in [4.78, 5) is 40.4. The number of rotatable bonds is 5. The third-order valence-corrected chi connectivity index (χ3v) is 8.26. The van der Waals surface area contributed by atoms with Gasteiger partial charge in [0.05, 0.1) is 21.2 Å². The third kappa shape index (κ3) is 4.17. The van der Waals surface area contributed by atoms with E-state index in [2.05, 4.69) is 5.32 Å². The minimum Gasteiger partial charge on any atom is -0.322 e. The quantitative estimate of drug-likeness (QED) is 0.371. The molecule has 0 radical (unpaired) electrons. The number of hydrogen-bond donors (Lipinski definition) is 1. The Morgan fingerprint density at radius 1 is 0.865 bits per heavy atom. The van der Waals surface area contributed by atoms with Gasteiger partial charge in [0.15, 0.2) is 0 Å². The number of anilines is 2. The van der Waals surface area contributed by atoms with Gasteiger partial charge in [-0.15, -0.1) is 0 Å². The molecule has 0 unspecified atom stereocenters. The van der Waals surface area contributed by atoms with Gasteiger partial charge in [-0.25, -0.2) is 17.6 Å². The topological polar surface area (TPSA) is 104 Å². The lowest BCUT2D eigenvalue weighted by atomic mass is 9.94. The summed E-state index contributed by atoms with van der Waals surface area (Å²) in [5, 5.41) is 4.21. The Hall–Kier alpha value is -4.05. The highest BCUT2D eigenvalue weighted by atomic mass is 35.5. The molecule has 4 aromatic rings. The van der Waals surface area contributed by atoms with E-state index in [9.17, 15) is 22.8 Å². The highest BCUT2D eigenvalue weighted by Gasteiger charge is 2.33. The first-order valence-corrected chi connectivity index (χ1v) is 13.0. The normalized spacial score (nSPS) is 13.4. The summed E-state index contributed by atoms with van der Waals surface area (Å²) in [5.74, 6) is -1.48. The molecular formula is C27H20ClN3O5S. The first-order chi connectivity index (χ1) is 17.6. The van der Waals surface area contributed by atoms with Crippen molar-refractivity contribution in [3.05, 3.63) is 101 Å². The number of halogens is 1. The average molecular weight is 534 g/mol. The number of benzene rings is 4. The fraction of sp³-hybridized carbons (Fsp3) is 0.0741. The van der Waals surface area contributed by atoms with E-state index in [1.807, 2.05) is 12.1 Å². The highest BCUT2D eigenvalue weighted by Crippen LogP contribution is 2.33. The summed E-state index contributed by atoms with van der Waals surface area (Å²) in [6.07, 6.45) is 0. The van der Waals surface area contributed by atoms with Crippen LogP contribution in [0.15, 0.2) is 83.8 Å². The summed E-state index contributed by atoms with van der Waals surface area (Å²) in [7, 11) is -0.979. The van der Waals surface area contributed by atoms with Crippen molar-refractivity contribution in [3.63, 3.8) is 0 Å². The van der Waals surface area contributed by atoms with E-state index >= 15 is 0 Å². The van der Waals surface area contributed by atoms with Crippen LogP contribution in [0.25, 0.3) is 10.8 Å². The monoisotopic (exact) mass is 533 g/mol. The van der Waals surface area contributed by atoms with Gasteiger partial charge in [-0.05, 0) is 60.0 Å². The van der Waals surface area contributed by atoms with E-state index in [-0.39, 0.29) is 15.5 Å². The lowest BCUT2D eigenvalue weighted by Crippen LogP contribution is -2.40. The maximum atomic E-state index is 13.2. The number of nitrogens with zero attached hydrogens (tertiary/aromatic N) is 2. The van der Waals surface area contributed by atoms with Crippen LogP contribution in [0.1, 0.15) is 31.1 Å². The fourth-order valence-corrected chi connectivity index (χ4v) is 5.34. The van der Waals surface area contributed by atoms with Crippen LogP contribution >= 0.6 is 11.6 Å². The number of amides is 3. The molecule has 37 heavy (non-hydrogen) atoms. The van der Waals surface area contributed by atoms with Gasteiger partial charge in [0, 0.05) is 36.3 Å². The van der Waals surface area contributed by atoms with Crippen LogP contribution in [-0.2, 0) is 10.0 Å². The Bertz CT molecular complexity index is 1670. The van der Waals surface area contributed by atoms with Gasteiger partial charge in [0.25, 0.3) is 17.7 Å². The fourth-order valence-electron chi connectivity index (χ4n) is 4.21. The molecule has 10 heteroatoms. The second-order valence-electron chi connectivity index (χ2n) is 8.59. The number of carbonyl (C=O) groups is 3. The highest BCUT2D eigenvalue weighted by molar-refractivity contribution is 7.89. The van der Waals surface area contributed by atoms with Crippen LogP contribution in [0.3, 0.4) is 0 Å². The van der Waals surface area contributed by atoms with Gasteiger partial charge in [0.2, 0.25) is 10.0 Å².